The predicted molar refractivity (Wildman–Crippen MR) is 136 cm³/mol. The number of hydrogen-bond donors (Lipinski definition) is 4. The number of benzene rings is 2. The van der Waals surface area contributed by atoms with Crippen LogP contribution in [0.25, 0.3) is 22.2 Å². The van der Waals surface area contributed by atoms with Crippen molar-refractivity contribution in [1.82, 2.24) is 25.8 Å². The van der Waals surface area contributed by atoms with Crippen LogP contribution in [0.3, 0.4) is 0 Å². The molecule has 0 radical (unpaired) electrons. The highest BCUT2D eigenvalue weighted by atomic mass is 16.1. The molecule has 1 amide bonds. The average molecular weight is 465 g/mol. The number of H-pyrrole nitrogens is 1. The highest BCUT2D eigenvalue weighted by Gasteiger charge is 2.42. The van der Waals surface area contributed by atoms with Gasteiger partial charge in [-0.1, -0.05) is 36.4 Å². The van der Waals surface area contributed by atoms with Crippen LogP contribution >= 0.6 is 0 Å². The first kappa shape index (κ1) is 20.8. The van der Waals surface area contributed by atoms with Crippen molar-refractivity contribution in [3.05, 3.63) is 77.9 Å². The van der Waals surface area contributed by atoms with Crippen LogP contribution in [0.15, 0.2) is 60.9 Å². The van der Waals surface area contributed by atoms with Gasteiger partial charge in [-0.25, -0.2) is 10.4 Å². The number of nitrogens with zero attached hydrogens (tertiary/aromatic N) is 2. The van der Waals surface area contributed by atoms with Crippen molar-refractivity contribution >= 4 is 22.6 Å². The number of nitrogens with one attached hydrogen (secondary N) is 4. The number of fused-ring (bicyclic) bond motifs is 9. The molecule has 4 N–H and O–H groups in total. The second kappa shape index (κ2) is 8.29. The molecule has 8 bridgehead atoms. The van der Waals surface area contributed by atoms with E-state index in [0.29, 0.717) is 30.7 Å². The third-order valence-electron chi connectivity index (χ3n) is 7.97. The zero-order valence-electron chi connectivity index (χ0n) is 19.4. The lowest BCUT2D eigenvalue weighted by Crippen LogP contribution is -2.34. The van der Waals surface area contributed by atoms with E-state index in [2.05, 4.69) is 74.7 Å². The van der Waals surface area contributed by atoms with Crippen LogP contribution in [-0.2, 0) is 11.2 Å². The third kappa shape index (κ3) is 3.72. The maximum Gasteiger partial charge on any atom is 0.224 e. The van der Waals surface area contributed by atoms with E-state index in [-0.39, 0.29) is 11.9 Å². The molecule has 1 aliphatic carbocycles. The minimum Gasteiger partial charge on any atom is -0.341 e. The maximum absolute atomic E-state index is 12.8. The molecule has 176 valence electrons. The van der Waals surface area contributed by atoms with Gasteiger partial charge < -0.3 is 10.3 Å². The molecule has 2 aromatic heterocycles. The van der Waals surface area contributed by atoms with E-state index in [1.165, 1.54) is 5.56 Å². The number of aryl methyl sites for hydroxylation is 1. The molecule has 2 aromatic carbocycles. The lowest BCUT2D eigenvalue weighted by atomic mass is 9.73. The smallest absolute Gasteiger partial charge is 0.224 e. The fourth-order valence-electron chi connectivity index (χ4n) is 6.19. The average Bonchev–Trinajstić information content (AvgIpc) is 3.51. The number of carbonyl (C=O) groups is 1. The van der Waals surface area contributed by atoms with Gasteiger partial charge in [0.05, 0.1) is 29.0 Å². The van der Waals surface area contributed by atoms with Gasteiger partial charge in [0.15, 0.2) is 0 Å². The zero-order valence-corrected chi connectivity index (χ0v) is 19.4. The lowest BCUT2D eigenvalue weighted by molar-refractivity contribution is -0.116. The Kier molecular flexibility index (Phi) is 4.92. The summed E-state index contributed by atoms with van der Waals surface area (Å²) in [6, 6.07) is 17.4. The predicted octanol–water partition coefficient (Wildman–Crippen LogP) is 4.61. The number of aromatic amines is 1. The van der Waals surface area contributed by atoms with Crippen molar-refractivity contribution in [1.29, 1.82) is 0 Å². The van der Waals surface area contributed by atoms with Gasteiger partial charge in [0.2, 0.25) is 5.91 Å². The molecule has 35 heavy (non-hydrogen) atoms. The number of para-hydroxylation sites is 1. The van der Waals surface area contributed by atoms with Crippen LogP contribution in [0.5, 0.6) is 0 Å². The fourth-order valence-corrected chi connectivity index (χ4v) is 6.19. The van der Waals surface area contributed by atoms with Gasteiger partial charge in [0, 0.05) is 24.2 Å². The Morgan fingerprint density at radius 1 is 0.943 bits per heavy atom. The molecule has 3 aliphatic rings. The van der Waals surface area contributed by atoms with Gasteiger partial charge >= 0.3 is 0 Å². The van der Waals surface area contributed by atoms with E-state index in [4.69, 9.17) is 4.98 Å². The molecule has 7 heteroatoms. The highest BCUT2D eigenvalue weighted by molar-refractivity contribution is 5.92. The molecule has 4 heterocycles. The van der Waals surface area contributed by atoms with Crippen molar-refractivity contribution in [3.8, 4) is 11.1 Å². The van der Waals surface area contributed by atoms with Gasteiger partial charge in [-0.3, -0.25) is 15.2 Å². The largest absolute Gasteiger partial charge is 0.341 e. The first-order valence-corrected chi connectivity index (χ1v) is 12.5. The van der Waals surface area contributed by atoms with Crippen molar-refractivity contribution in [2.24, 2.45) is 5.92 Å². The van der Waals surface area contributed by atoms with Crippen LogP contribution in [0, 0.1) is 5.92 Å². The number of carbonyl (C=O) groups excluding carboxylic acids is 1. The second-order valence-corrected chi connectivity index (χ2v) is 10.1. The first-order chi connectivity index (χ1) is 17.2. The topological polar surface area (TPSA) is 94.7 Å². The Bertz CT molecular complexity index is 1430. The number of aromatic nitrogens is 3. The molecule has 7 rings (SSSR count). The summed E-state index contributed by atoms with van der Waals surface area (Å²) in [5, 5.41) is 3.07. The molecular weight excluding hydrogens is 436 g/mol. The molecular formula is C28H28N6O. The van der Waals surface area contributed by atoms with Crippen molar-refractivity contribution in [3.63, 3.8) is 0 Å². The quantitative estimate of drug-likeness (QED) is 0.305. The molecule has 1 saturated heterocycles. The summed E-state index contributed by atoms with van der Waals surface area (Å²) in [4.78, 5) is 26.0. The number of anilines is 1. The summed E-state index contributed by atoms with van der Waals surface area (Å²) in [5.74, 6) is 1.83. The summed E-state index contributed by atoms with van der Waals surface area (Å²) in [7, 11) is 0. The minimum atomic E-state index is 0.0162. The minimum absolute atomic E-state index is 0.0162. The lowest BCUT2D eigenvalue weighted by Gasteiger charge is -2.33. The maximum atomic E-state index is 12.8. The van der Waals surface area contributed by atoms with Crippen LogP contribution < -0.4 is 16.2 Å². The normalized spacial score (nSPS) is 25.8. The Morgan fingerprint density at radius 2 is 1.89 bits per heavy atom. The van der Waals surface area contributed by atoms with Gasteiger partial charge in [0.25, 0.3) is 0 Å². The van der Waals surface area contributed by atoms with Crippen molar-refractivity contribution in [2.75, 3.05) is 5.32 Å². The van der Waals surface area contributed by atoms with E-state index >= 15 is 0 Å². The number of imidazole rings is 1. The van der Waals surface area contributed by atoms with E-state index in [9.17, 15) is 4.79 Å². The molecule has 2 aliphatic heterocycles. The molecule has 1 saturated carbocycles. The number of hydrazine groups is 1. The highest BCUT2D eigenvalue weighted by Crippen LogP contribution is 2.44. The summed E-state index contributed by atoms with van der Waals surface area (Å²) in [6.45, 7) is 0. The molecule has 0 spiro atoms. The fraction of sp³-hybridized carbons (Fsp3) is 0.321. The Hall–Kier alpha value is -3.55. The molecule has 7 nitrogen and oxygen atoms in total. The zero-order chi connectivity index (χ0) is 23.4. The van der Waals surface area contributed by atoms with Crippen LogP contribution in [0.2, 0.25) is 0 Å². The molecule has 2 fully saturated rings. The molecule has 4 aromatic rings. The van der Waals surface area contributed by atoms with Gasteiger partial charge in [0.1, 0.15) is 5.82 Å². The third-order valence-corrected chi connectivity index (χ3v) is 7.97. The summed E-state index contributed by atoms with van der Waals surface area (Å²) in [5.41, 5.74) is 14.5. The first-order valence-electron chi connectivity index (χ1n) is 12.5. The van der Waals surface area contributed by atoms with Gasteiger partial charge in [-0.05, 0) is 66.3 Å². The SMILES string of the molecule is O=C1CCc2cccc(c2)-c2cccc3[nH]c(nc23)C2NNC3CCC(CC32)c2cncc(c2)N1. The van der Waals surface area contributed by atoms with Gasteiger partial charge in [-0.15, -0.1) is 0 Å². The van der Waals surface area contributed by atoms with Crippen molar-refractivity contribution in [2.45, 2.75) is 50.1 Å². The number of hydrogen-bond acceptors (Lipinski definition) is 5. The van der Waals surface area contributed by atoms with E-state index in [0.717, 1.165) is 58.5 Å². The Morgan fingerprint density at radius 3 is 2.86 bits per heavy atom. The van der Waals surface area contributed by atoms with Gasteiger partial charge in [-0.2, -0.15) is 0 Å². The van der Waals surface area contributed by atoms with E-state index < -0.39 is 0 Å². The number of pyridine rings is 1. The monoisotopic (exact) mass is 464 g/mol. The summed E-state index contributed by atoms with van der Waals surface area (Å²) < 4.78 is 0. The Labute approximate surface area is 203 Å². The number of amides is 1. The standard InChI is InChI=1S/C28H28N6O/c35-25-10-7-16-3-1-4-18(11-16)21-5-2-6-24-26(21)32-28(31-24)27-22-13-17(8-9-23(22)33-34-27)19-12-20(30-25)15-29-14-19/h1-6,11-12,14-15,17,22-23,27,33-34H,7-10,13H2,(H,30,35)(H,31,32). The molecule has 4 unspecified atom stereocenters. The summed E-state index contributed by atoms with van der Waals surface area (Å²) >= 11 is 0. The van der Waals surface area contributed by atoms with E-state index in [1.807, 2.05) is 6.20 Å². The van der Waals surface area contributed by atoms with Crippen molar-refractivity contribution < 1.29 is 4.79 Å². The van der Waals surface area contributed by atoms with E-state index in [1.54, 1.807) is 6.20 Å². The van der Waals surface area contributed by atoms with Crippen LogP contribution in [-0.4, -0.2) is 26.9 Å². The van der Waals surface area contributed by atoms with Crippen LogP contribution in [0.1, 0.15) is 54.6 Å². The molecule has 4 atom stereocenters. The Balaban J connectivity index is 1.35. The number of rotatable bonds is 0. The second-order valence-electron chi connectivity index (χ2n) is 10.1. The summed E-state index contributed by atoms with van der Waals surface area (Å²) in [6.07, 6.45) is 8.05. The van der Waals surface area contributed by atoms with Crippen LogP contribution in [0.4, 0.5) is 5.69 Å².